The Morgan fingerprint density at radius 3 is 1.74 bits per heavy atom. The van der Waals surface area contributed by atoms with Crippen molar-refractivity contribution in [3.8, 4) is 0 Å². The maximum atomic E-state index is 13.2. The number of carbonyl (C=O) groups is 3. The third-order valence-corrected chi connectivity index (χ3v) is 5.93. The van der Waals surface area contributed by atoms with Crippen LogP contribution >= 0.6 is 0 Å². The van der Waals surface area contributed by atoms with Gasteiger partial charge in [-0.1, -0.05) is 58.6 Å². The third-order valence-electron chi connectivity index (χ3n) is 5.13. The Labute approximate surface area is 252 Å². The van der Waals surface area contributed by atoms with Crippen molar-refractivity contribution in [2.45, 2.75) is 78.6 Å². The van der Waals surface area contributed by atoms with E-state index >= 15 is 0 Å². The van der Waals surface area contributed by atoms with Gasteiger partial charge in [0, 0.05) is 11.1 Å². The Morgan fingerprint density at radius 1 is 0.800 bits per heavy atom. The maximum absolute atomic E-state index is 13.2. The van der Waals surface area contributed by atoms with Crippen molar-refractivity contribution in [3.05, 3.63) is 24.3 Å². The van der Waals surface area contributed by atoms with Crippen molar-refractivity contribution in [2.24, 2.45) is 5.41 Å². The first kappa shape index (κ1) is 36.6. The normalized spacial score (nSPS) is 11.2. The van der Waals surface area contributed by atoms with Crippen LogP contribution in [0.5, 0.6) is 0 Å². The van der Waals surface area contributed by atoms with Crippen LogP contribution in [-0.4, -0.2) is 108 Å². The van der Waals surface area contributed by atoms with Gasteiger partial charge >= 0.3 is 69.3 Å². The van der Waals surface area contributed by atoms with Crippen LogP contribution in [0, 0.1) is 5.41 Å². The predicted octanol–water partition coefficient (Wildman–Crippen LogP) is 3.52. The van der Waals surface area contributed by atoms with Crippen molar-refractivity contribution in [1.82, 2.24) is 0 Å². The number of hydrogen-bond donors (Lipinski definition) is 1. The summed E-state index contributed by atoms with van der Waals surface area (Å²) in [6.07, 6.45) is 5.69. The van der Waals surface area contributed by atoms with Gasteiger partial charge < -0.3 is 14.2 Å². The van der Waals surface area contributed by atoms with E-state index in [4.69, 9.17) is 18.8 Å². The molecule has 0 aromatic carbocycles. The van der Waals surface area contributed by atoms with E-state index in [2.05, 4.69) is 20.1 Å². The Kier molecular flexibility index (Phi) is 20.4. The zero-order chi connectivity index (χ0) is 26.2. The first-order chi connectivity index (χ1) is 15.8. The van der Waals surface area contributed by atoms with Crippen LogP contribution in [0.1, 0.15) is 78.6 Å². The second kappa shape index (κ2) is 19.5. The Morgan fingerprint density at radius 2 is 1.29 bits per heavy atom. The first-order valence-electron chi connectivity index (χ1n) is 11.6. The molecular weight excluding hydrogens is 503 g/mol. The number of carbonyl (C=O) groups excluding carboxylic acids is 3. The molecule has 0 bridgehead atoms. The fraction of sp³-hybridized carbons (Fsp3) is 0.708. The summed E-state index contributed by atoms with van der Waals surface area (Å²) in [6, 6.07) is 0. The molecule has 198 valence electrons. The molecule has 0 saturated heterocycles. The van der Waals surface area contributed by atoms with Gasteiger partial charge in [0.1, 0.15) is 18.6 Å². The van der Waals surface area contributed by atoms with Gasteiger partial charge in [0.05, 0.1) is 12.4 Å². The Bertz CT molecular complexity index is 776. The van der Waals surface area contributed by atoms with Gasteiger partial charge in [0.25, 0.3) is 10.1 Å². The van der Waals surface area contributed by atoms with Gasteiger partial charge in [0.15, 0.2) is 0 Å². The molecule has 9 nitrogen and oxygen atoms in total. The molecule has 0 radical (unpaired) electrons. The molecule has 0 unspecified atom stereocenters. The molecule has 0 aliphatic rings. The van der Waals surface area contributed by atoms with Crippen molar-refractivity contribution < 1.29 is 41.6 Å². The van der Waals surface area contributed by atoms with E-state index < -0.39 is 33.4 Å². The number of unbranched alkanes of at least 4 members (excludes halogenated alkanes) is 6. The topological polar surface area (TPSA) is 133 Å². The molecule has 0 aliphatic carbocycles. The minimum absolute atomic E-state index is 0. The van der Waals surface area contributed by atoms with E-state index in [-0.39, 0.29) is 88.1 Å². The van der Waals surface area contributed by atoms with E-state index in [1.807, 2.05) is 0 Å². The van der Waals surface area contributed by atoms with E-state index in [0.717, 1.165) is 19.3 Å². The summed E-state index contributed by atoms with van der Waals surface area (Å²) in [4.78, 5) is 37.2. The van der Waals surface area contributed by atoms with Crippen molar-refractivity contribution >= 4 is 79.4 Å². The fourth-order valence-corrected chi connectivity index (χ4v) is 3.58. The minimum atomic E-state index is -3.98. The van der Waals surface area contributed by atoms with Gasteiger partial charge in [-0.25, -0.2) is 9.59 Å². The molecule has 0 rings (SSSR count). The monoisotopic (exact) mass is 544 g/mol. The number of ether oxygens (including phenoxy) is 3. The average Bonchev–Trinajstić information content (AvgIpc) is 2.75. The molecule has 1 N–H and O–H groups in total. The Hall–Kier alpha value is -0.564. The molecule has 0 heterocycles. The van der Waals surface area contributed by atoms with Gasteiger partial charge in [0.2, 0.25) is 0 Å². The number of hydrogen-bond acceptors (Lipinski definition) is 8. The van der Waals surface area contributed by atoms with Gasteiger partial charge in [-0.15, -0.1) is 0 Å². The summed E-state index contributed by atoms with van der Waals surface area (Å²) in [6.45, 7) is 11.6. The summed E-state index contributed by atoms with van der Waals surface area (Å²) in [7, 11) is -3.98. The molecule has 0 aliphatic heterocycles. The summed E-state index contributed by atoms with van der Waals surface area (Å²) < 4.78 is 46.3. The van der Waals surface area contributed by atoms with Crippen LogP contribution in [-0.2, 0) is 38.7 Å². The second-order valence-corrected chi connectivity index (χ2v) is 10.2. The molecule has 0 aromatic rings. The molecule has 0 spiro atoms. The molecular formula is C24H41KO9S. The quantitative estimate of drug-likeness (QED) is 0.0647. The molecule has 0 fully saturated rings. The summed E-state index contributed by atoms with van der Waals surface area (Å²) in [5.41, 5.74) is -1.01. The van der Waals surface area contributed by atoms with Crippen molar-refractivity contribution in [1.29, 1.82) is 0 Å². The summed E-state index contributed by atoms with van der Waals surface area (Å²) >= 11 is 0. The third kappa shape index (κ3) is 17.5. The first-order valence-corrected chi connectivity index (χ1v) is 13.2. The van der Waals surface area contributed by atoms with Crippen molar-refractivity contribution in [3.63, 3.8) is 0 Å². The molecule has 0 aromatic heterocycles. The van der Waals surface area contributed by atoms with Crippen LogP contribution in [0.4, 0.5) is 0 Å². The van der Waals surface area contributed by atoms with Crippen LogP contribution < -0.4 is 0 Å². The number of rotatable bonds is 19. The molecule has 0 amide bonds. The zero-order valence-corrected chi connectivity index (χ0v) is 21.5. The predicted molar refractivity (Wildman–Crippen MR) is 136 cm³/mol. The molecule has 35 heavy (non-hydrogen) atoms. The molecule has 0 atom stereocenters. The van der Waals surface area contributed by atoms with Crippen LogP contribution in [0.2, 0.25) is 0 Å². The second-order valence-electron chi connectivity index (χ2n) is 8.64. The van der Waals surface area contributed by atoms with Crippen molar-refractivity contribution in [2.75, 3.05) is 25.6 Å². The van der Waals surface area contributed by atoms with E-state index in [9.17, 15) is 22.8 Å². The summed E-state index contributed by atoms with van der Waals surface area (Å²) in [5, 5.41) is 0. The van der Waals surface area contributed by atoms with Gasteiger partial charge in [-0.05, 0) is 33.1 Å². The SMILES string of the molecule is C=C(C)C(=O)OCC(CCCCCC)(COC(=O)C(=C)C)C(=O)OCCCCCCS(=O)(=O)O.[KH]. The molecule has 0 saturated carbocycles. The van der Waals surface area contributed by atoms with E-state index in [1.165, 1.54) is 13.8 Å². The molecule has 11 heteroatoms. The standard InChI is InChI=1S/C24H40O9S.K.H/c1-6-7-8-11-14-24(17-32-21(25)19(2)3,18-33-22(26)20(4)5)23(27)31-15-12-9-10-13-16-34(28,29)30;;/h2,4,6-18H2,1,3,5H3,(H,28,29,30);;. The Balaban J connectivity index is 0. The average molecular weight is 545 g/mol. The van der Waals surface area contributed by atoms with Crippen LogP contribution in [0.15, 0.2) is 24.3 Å². The van der Waals surface area contributed by atoms with Gasteiger partial charge in [-0.3, -0.25) is 9.35 Å². The number of esters is 3. The van der Waals surface area contributed by atoms with E-state index in [1.54, 1.807) is 0 Å². The van der Waals surface area contributed by atoms with Gasteiger partial charge in [-0.2, -0.15) is 8.42 Å². The zero-order valence-electron chi connectivity index (χ0n) is 20.7. The fourth-order valence-electron chi connectivity index (χ4n) is 3.01. The van der Waals surface area contributed by atoms with Crippen LogP contribution in [0.3, 0.4) is 0 Å². The summed E-state index contributed by atoms with van der Waals surface area (Å²) in [5.74, 6) is -2.26. The van der Waals surface area contributed by atoms with E-state index in [0.29, 0.717) is 38.5 Å². The van der Waals surface area contributed by atoms with Crippen LogP contribution in [0.25, 0.3) is 0 Å².